The van der Waals surface area contributed by atoms with E-state index < -0.39 is 0 Å². The number of esters is 1. The minimum absolute atomic E-state index is 0.0225. The largest absolute Gasteiger partial charge is 0.455 e. The summed E-state index contributed by atoms with van der Waals surface area (Å²) in [5.74, 6) is 0.108. The molecule has 0 bridgehead atoms. The van der Waals surface area contributed by atoms with Crippen LogP contribution in [0.2, 0.25) is 0 Å². The molecule has 6 nitrogen and oxygen atoms in total. The van der Waals surface area contributed by atoms with Crippen LogP contribution < -0.4 is 5.32 Å². The molecule has 0 aromatic carbocycles. The number of hydrogen-bond acceptors (Lipinski definition) is 4. The van der Waals surface area contributed by atoms with E-state index in [0.717, 1.165) is 19.3 Å². The summed E-state index contributed by atoms with van der Waals surface area (Å²) >= 11 is 0. The summed E-state index contributed by atoms with van der Waals surface area (Å²) in [4.78, 5) is 37.3. The Bertz CT molecular complexity index is 480. The highest BCUT2D eigenvalue weighted by molar-refractivity contribution is 5.82. The molecule has 1 aliphatic carbocycles. The third kappa shape index (κ3) is 4.95. The molecule has 0 radical (unpaired) electrons. The zero-order valence-corrected chi connectivity index (χ0v) is 15.0. The van der Waals surface area contributed by atoms with Gasteiger partial charge in [0.1, 0.15) is 0 Å². The van der Waals surface area contributed by atoms with Crippen LogP contribution in [-0.2, 0) is 19.1 Å². The lowest BCUT2D eigenvalue weighted by Crippen LogP contribution is -2.46. The Morgan fingerprint density at radius 3 is 2.58 bits per heavy atom. The average Bonchev–Trinajstić information content (AvgIpc) is 2.57. The van der Waals surface area contributed by atoms with E-state index in [1.165, 1.54) is 13.3 Å². The maximum absolute atomic E-state index is 12.1. The molecule has 136 valence electrons. The predicted octanol–water partition coefficient (Wildman–Crippen LogP) is 1.73. The number of nitrogens with one attached hydrogen (secondary N) is 1. The number of carbonyl (C=O) groups excluding carboxylic acids is 3. The van der Waals surface area contributed by atoms with Crippen LogP contribution in [0.1, 0.15) is 52.9 Å². The van der Waals surface area contributed by atoms with E-state index >= 15 is 0 Å². The van der Waals surface area contributed by atoms with Crippen LogP contribution in [0.5, 0.6) is 0 Å². The number of likely N-dealkylation sites (tertiary alicyclic amines) is 1. The summed E-state index contributed by atoms with van der Waals surface area (Å²) < 4.78 is 5.19. The van der Waals surface area contributed by atoms with Crippen molar-refractivity contribution in [3.8, 4) is 0 Å². The molecule has 0 spiro atoms. The van der Waals surface area contributed by atoms with E-state index in [2.05, 4.69) is 19.2 Å². The summed E-state index contributed by atoms with van der Waals surface area (Å²) in [6.45, 7) is 6.75. The fourth-order valence-electron chi connectivity index (χ4n) is 3.74. The highest BCUT2D eigenvalue weighted by atomic mass is 16.5. The van der Waals surface area contributed by atoms with Gasteiger partial charge < -0.3 is 15.0 Å². The van der Waals surface area contributed by atoms with Gasteiger partial charge in [-0.25, -0.2) is 0 Å². The van der Waals surface area contributed by atoms with E-state index in [1.54, 1.807) is 4.90 Å². The van der Waals surface area contributed by atoms with Gasteiger partial charge in [0, 0.05) is 26.1 Å². The van der Waals surface area contributed by atoms with Gasteiger partial charge in [0.2, 0.25) is 5.91 Å². The maximum atomic E-state index is 12.1. The first kappa shape index (κ1) is 18.7. The Balaban J connectivity index is 1.75. The summed E-state index contributed by atoms with van der Waals surface area (Å²) in [7, 11) is 0. The quantitative estimate of drug-likeness (QED) is 0.792. The first-order valence-electron chi connectivity index (χ1n) is 9.10. The average molecular weight is 338 g/mol. The van der Waals surface area contributed by atoms with Crippen LogP contribution in [0.25, 0.3) is 0 Å². The van der Waals surface area contributed by atoms with Crippen molar-refractivity contribution in [1.82, 2.24) is 10.2 Å². The molecule has 1 heterocycles. The SMILES string of the molecule is CC(=O)N1CCC[C@H](C(=O)OCC(=O)N[C@@H]2CCC[C@@H](C)[C@@H]2C)C1. The number of hydrogen-bond donors (Lipinski definition) is 1. The second kappa shape index (κ2) is 8.49. The van der Waals surface area contributed by atoms with Crippen LogP contribution in [0, 0.1) is 17.8 Å². The number of nitrogens with zero attached hydrogens (tertiary/aromatic N) is 1. The van der Waals surface area contributed by atoms with Crippen LogP contribution in [0.3, 0.4) is 0 Å². The third-order valence-electron chi connectivity index (χ3n) is 5.60. The van der Waals surface area contributed by atoms with Gasteiger partial charge in [-0.05, 0) is 31.1 Å². The zero-order chi connectivity index (χ0) is 17.7. The lowest BCUT2D eigenvalue weighted by Gasteiger charge is -2.34. The Morgan fingerprint density at radius 1 is 1.12 bits per heavy atom. The summed E-state index contributed by atoms with van der Waals surface area (Å²) in [5.41, 5.74) is 0. The van der Waals surface area contributed by atoms with E-state index in [-0.39, 0.29) is 36.4 Å². The topological polar surface area (TPSA) is 75.7 Å². The van der Waals surface area contributed by atoms with Crippen molar-refractivity contribution in [2.75, 3.05) is 19.7 Å². The van der Waals surface area contributed by atoms with Crippen molar-refractivity contribution < 1.29 is 19.1 Å². The Kier molecular flexibility index (Phi) is 6.63. The summed E-state index contributed by atoms with van der Waals surface area (Å²) in [6, 6.07) is 0.169. The first-order chi connectivity index (χ1) is 11.4. The minimum atomic E-state index is -0.374. The molecule has 4 atom stereocenters. The van der Waals surface area contributed by atoms with Gasteiger partial charge in [-0.3, -0.25) is 14.4 Å². The molecule has 6 heteroatoms. The van der Waals surface area contributed by atoms with Gasteiger partial charge in [-0.2, -0.15) is 0 Å². The van der Waals surface area contributed by atoms with Crippen LogP contribution in [0.4, 0.5) is 0 Å². The van der Waals surface area contributed by atoms with Gasteiger partial charge in [-0.15, -0.1) is 0 Å². The molecule has 2 aliphatic rings. The van der Waals surface area contributed by atoms with E-state index in [0.29, 0.717) is 31.3 Å². The molecular weight excluding hydrogens is 308 g/mol. The van der Waals surface area contributed by atoms with Gasteiger partial charge in [-0.1, -0.05) is 26.7 Å². The van der Waals surface area contributed by atoms with Crippen LogP contribution >= 0.6 is 0 Å². The van der Waals surface area contributed by atoms with E-state index in [1.807, 2.05) is 0 Å². The monoisotopic (exact) mass is 338 g/mol. The molecule has 1 aliphatic heterocycles. The molecule has 0 aromatic rings. The summed E-state index contributed by atoms with van der Waals surface area (Å²) in [5, 5.41) is 3.00. The molecule has 1 N–H and O–H groups in total. The van der Waals surface area contributed by atoms with Crippen molar-refractivity contribution in [3.05, 3.63) is 0 Å². The molecule has 24 heavy (non-hydrogen) atoms. The van der Waals surface area contributed by atoms with Crippen molar-refractivity contribution in [2.24, 2.45) is 17.8 Å². The van der Waals surface area contributed by atoms with Crippen molar-refractivity contribution in [2.45, 2.75) is 58.9 Å². The van der Waals surface area contributed by atoms with Gasteiger partial charge in [0.05, 0.1) is 5.92 Å². The van der Waals surface area contributed by atoms with E-state index in [9.17, 15) is 14.4 Å². The molecule has 0 unspecified atom stereocenters. The number of piperidine rings is 1. The fourth-order valence-corrected chi connectivity index (χ4v) is 3.74. The molecule has 1 saturated carbocycles. The predicted molar refractivity (Wildman–Crippen MR) is 90.0 cm³/mol. The first-order valence-corrected chi connectivity index (χ1v) is 9.10. The molecule has 0 aromatic heterocycles. The fraction of sp³-hybridized carbons (Fsp3) is 0.833. The Labute approximate surface area is 144 Å². The maximum Gasteiger partial charge on any atom is 0.311 e. The molecule has 2 fully saturated rings. The number of carbonyl (C=O) groups is 3. The minimum Gasteiger partial charge on any atom is -0.455 e. The van der Waals surface area contributed by atoms with Gasteiger partial charge in [0.25, 0.3) is 5.91 Å². The summed E-state index contributed by atoms with van der Waals surface area (Å²) in [6.07, 6.45) is 4.82. The molecule has 2 amide bonds. The van der Waals surface area contributed by atoms with Crippen LogP contribution in [-0.4, -0.2) is 48.4 Å². The van der Waals surface area contributed by atoms with Crippen LogP contribution in [0.15, 0.2) is 0 Å². The lowest BCUT2D eigenvalue weighted by atomic mass is 9.78. The number of amides is 2. The molecular formula is C18H30N2O4. The second-order valence-corrected chi connectivity index (χ2v) is 7.35. The lowest BCUT2D eigenvalue weighted by molar-refractivity contribution is -0.155. The van der Waals surface area contributed by atoms with Crippen molar-refractivity contribution >= 4 is 17.8 Å². The Hall–Kier alpha value is -1.59. The normalized spacial score (nSPS) is 30.5. The highest BCUT2D eigenvalue weighted by Crippen LogP contribution is 2.29. The van der Waals surface area contributed by atoms with Crippen molar-refractivity contribution in [1.29, 1.82) is 0 Å². The highest BCUT2D eigenvalue weighted by Gasteiger charge is 2.30. The smallest absolute Gasteiger partial charge is 0.311 e. The van der Waals surface area contributed by atoms with Gasteiger partial charge in [0.15, 0.2) is 6.61 Å². The third-order valence-corrected chi connectivity index (χ3v) is 5.60. The molecule has 1 saturated heterocycles. The molecule has 2 rings (SSSR count). The van der Waals surface area contributed by atoms with Crippen molar-refractivity contribution in [3.63, 3.8) is 0 Å². The standard InChI is InChI=1S/C18H30N2O4/c1-12-6-4-8-16(13(12)2)19-17(22)11-24-18(23)15-7-5-9-20(10-15)14(3)21/h12-13,15-16H,4-11H2,1-3H3,(H,19,22)/t12-,13+,15+,16-/m1/s1. The Morgan fingerprint density at radius 2 is 1.88 bits per heavy atom. The van der Waals surface area contributed by atoms with E-state index in [4.69, 9.17) is 4.74 Å². The number of ether oxygens (including phenoxy) is 1. The second-order valence-electron chi connectivity index (χ2n) is 7.35. The zero-order valence-electron chi connectivity index (χ0n) is 15.0. The van der Waals surface area contributed by atoms with Gasteiger partial charge >= 0.3 is 5.97 Å². The number of rotatable bonds is 4.